The van der Waals surface area contributed by atoms with Gasteiger partial charge in [-0.1, -0.05) is 12.1 Å². The molecule has 0 spiro atoms. The zero-order valence-corrected chi connectivity index (χ0v) is 12.8. The molecule has 3 N–H and O–H groups in total. The van der Waals surface area contributed by atoms with Crippen molar-refractivity contribution in [3.05, 3.63) is 54.3 Å². The summed E-state index contributed by atoms with van der Waals surface area (Å²) < 4.78 is 12.8. The molecule has 1 atom stereocenters. The predicted octanol–water partition coefficient (Wildman–Crippen LogP) is 2.77. The molecular formula is C16H14FN3O2S. The number of rotatable bonds is 4. The molecule has 0 saturated heterocycles. The summed E-state index contributed by atoms with van der Waals surface area (Å²) in [6, 6.07) is 13.1. The lowest BCUT2D eigenvalue weighted by molar-refractivity contribution is -0.123. The highest BCUT2D eigenvalue weighted by Crippen LogP contribution is 2.36. The van der Waals surface area contributed by atoms with Gasteiger partial charge in [0.25, 0.3) is 0 Å². The number of hydrogen-bond donors (Lipinski definition) is 3. The Morgan fingerprint density at radius 2 is 1.91 bits per heavy atom. The van der Waals surface area contributed by atoms with E-state index in [0.717, 1.165) is 10.6 Å². The fourth-order valence-corrected chi connectivity index (χ4v) is 3.23. The van der Waals surface area contributed by atoms with Crippen molar-refractivity contribution in [2.24, 2.45) is 0 Å². The third-order valence-corrected chi connectivity index (χ3v) is 4.54. The van der Waals surface area contributed by atoms with Gasteiger partial charge in [0.2, 0.25) is 11.8 Å². The van der Waals surface area contributed by atoms with Gasteiger partial charge in [-0.25, -0.2) is 4.39 Å². The summed E-state index contributed by atoms with van der Waals surface area (Å²) in [5, 5.41) is 2.31. The number of hydrazine groups is 1. The van der Waals surface area contributed by atoms with Gasteiger partial charge in [-0.3, -0.25) is 20.4 Å². The first kappa shape index (κ1) is 15.4. The minimum atomic E-state index is -0.486. The number of halogens is 1. The second kappa shape index (κ2) is 6.70. The van der Waals surface area contributed by atoms with Crippen LogP contribution in [0.5, 0.6) is 0 Å². The Labute approximate surface area is 136 Å². The third kappa shape index (κ3) is 3.81. The van der Waals surface area contributed by atoms with E-state index < -0.39 is 5.25 Å². The lowest BCUT2D eigenvalue weighted by atomic mass is 10.2. The van der Waals surface area contributed by atoms with Crippen LogP contribution >= 0.6 is 11.8 Å². The van der Waals surface area contributed by atoms with Gasteiger partial charge in [0.1, 0.15) is 5.82 Å². The first-order valence-corrected chi connectivity index (χ1v) is 7.87. The van der Waals surface area contributed by atoms with Gasteiger partial charge < -0.3 is 5.32 Å². The minimum absolute atomic E-state index is 0.0407. The summed E-state index contributed by atoms with van der Waals surface area (Å²) >= 11 is 1.37. The van der Waals surface area contributed by atoms with Crippen LogP contribution in [0.3, 0.4) is 0 Å². The van der Waals surface area contributed by atoms with E-state index in [2.05, 4.69) is 16.2 Å². The average molecular weight is 331 g/mol. The molecular weight excluding hydrogens is 317 g/mol. The predicted molar refractivity (Wildman–Crippen MR) is 87.5 cm³/mol. The van der Waals surface area contributed by atoms with Crippen LogP contribution in [0.4, 0.5) is 15.8 Å². The fraction of sp³-hybridized carbons (Fsp3) is 0.125. The Kier molecular flexibility index (Phi) is 4.47. The lowest BCUT2D eigenvalue weighted by Gasteiger charge is -2.23. The molecule has 2 aromatic carbocycles. The van der Waals surface area contributed by atoms with E-state index in [1.54, 1.807) is 0 Å². The summed E-state index contributed by atoms with van der Waals surface area (Å²) in [6.45, 7) is 0. The number of nitrogens with one attached hydrogen (secondary N) is 3. The van der Waals surface area contributed by atoms with Crippen LogP contribution in [-0.2, 0) is 9.59 Å². The van der Waals surface area contributed by atoms with Gasteiger partial charge in [-0.15, -0.1) is 11.8 Å². The number of anilines is 2. The quantitative estimate of drug-likeness (QED) is 0.754. The number of fused-ring (bicyclic) bond motifs is 1. The Morgan fingerprint density at radius 3 is 2.70 bits per heavy atom. The van der Waals surface area contributed by atoms with Crippen molar-refractivity contribution in [2.45, 2.75) is 16.6 Å². The highest BCUT2D eigenvalue weighted by Gasteiger charge is 2.28. The molecule has 0 unspecified atom stereocenters. The topological polar surface area (TPSA) is 70.2 Å². The van der Waals surface area contributed by atoms with Gasteiger partial charge in [-0.05, 0) is 36.4 Å². The zero-order valence-electron chi connectivity index (χ0n) is 12.0. The van der Waals surface area contributed by atoms with Crippen molar-refractivity contribution >= 4 is 35.0 Å². The van der Waals surface area contributed by atoms with Crippen LogP contribution in [0.15, 0.2) is 53.4 Å². The molecule has 0 saturated carbocycles. The molecule has 1 heterocycles. The van der Waals surface area contributed by atoms with E-state index >= 15 is 0 Å². The summed E-state index contributed by atoms with van der Waals surface area (Å²) in [7, 11) is 0. The summed E-state index contributed by atoms with van der Waals surface area (Å²) in [5.41, 5.74) is 6.52. The SMILES string of the molecule is O=C(C[C@H]1Sc2ccccc2NC1=O)NNc1ccc(F)cc1. The molecule has 7 heteroatoms. The molecule has 118 valence electrons. The molecule has 2 aromatic rings. The highest BCUT2D eigenvalue weighted by molar-refractivity contribution is 8.01. The third-order valence-electron chi connectivity index (χ3n) is 3.27. The zero-order chi connectivity index (χ0) is 16.2. The molecule has 1 aliphatic rings. The molecule has 0 aliphatic carbocycles. The maximum absolute atomic E-state index is 12.8. The molecule has 0 bridgehead atoms. The molecule has 5 nitrogen and oxygen atoms in total. The van der Waals surface area contributed by atoms with Crippen molar-refractivity contribution in [1.29, 1.82) is 0 Å². The maximum Gasteiger partial charge on any atom is 0.239 e. The van der Waals surface area contributed by atoms with Crippen molar-refractivity contribution in [3.8, 4) is 0 Å². The Bertz CT molecular complexity index is 736. The molecule has 0 fully saturated rings. The van der Waals surface area contributed by atoms with Crippen LogP contribution < -0.4 is 16.2 Å². The molecule has 0 radical (unpaired) electrons. The maximum atomic E-state index is 12.8. The van der Waals surface area contributed by atoms with Crippen molar-refractivity contribution in [2.75, 3.05) is 10.7 Å². The lowest BCUT2D eigenvalue weighted by Crippen LogP contribution is -2.36. The monoisotopic (exact) mass is 331 g/mol. The van der Waals surface area contributed by atoms with Crippen molar-refractivity contribution in [3.63, 3.8) is 0 Å². The van der Waals surface area contributed by atoms with E-state index in [-0.39, 0.29) is 24.1 Å². The van der Waals surface area contributed by atoms with Crippen LogP contribution in [0, 0.1) is 5.82 Å². The van der Waals surface area contributed by atoms with E-state index in [9.17, 15) is 14.0 Å². The average Bonchev–Trinajstić information content (AvgIpc) is 2.55. The first-order valence-electron chi connectivity index (χ1n) is 6.99. The number of hydrogen-bond acceptors (Lipinski definition) is 4. The van der Waals surface area contributed by atoms with Crippen molar-refractivity contribution < 1.29 is 14.0 Å². The molecule has 0 aromatic heterocycles. The van der Waals surface area contributed by atoms with Crippen molar-refractivity contribution in [1.82, 2.24) is 5.43 Å². The molecule has 23 heavy (non-hydrogen) atoms. The van der Waals surface area contributed by atoms with E-state index in [4.69, 9.17) is 0 Å². The van der Waals surface area contributed by atoms with Crippen LogP contribution in [0.2, 0.25) is 0 Å². The number of carbonyl (C=O) groups excluding carboxylic acids is 2. The molecule has 1 aliphatic heterocycles. The fourth-order valence-electron chi connectivity index (χ4n) is 2.12. The Morgan fingerprint density at radius 1 is 1.17 bits per heavy atom. The molecule has 3 rings (SSSR count). The number of amides is 2. The first-order chi connectivity index (χ1) is 11.1. The molecule has 2 amide bonds. The largest absolute Gasteiger partial charge is 0.324 e. The highest BCUT2D eigenvalue weighted by atomic mass is 32.2. The van der Waals surface area contributed by atoms with Crippen LogP contribution in [0.1, 0.15) is 6.42 Å². The summed E-state index contributed by atoms with van der Waals surface area (Å²) in [6.07, 6.45) is 0.0407. The number of carbonyl (C=O) groups is 2. The van der Waals surface area contributed by atoms with Crippen LogP contribution in [-0.4, -0.2) is 17.1 Å². The second-order valence-corrected chi connectivity index (χ2v) is 6.22. The summed E-state index contributed by atoms with van der Waals surface area (Å²) in [4.78, 5) is 24.9. The Balaban J connectivity index is 1.56. The van der Waals surface area contributed by atoms with Gasteiger partial charge in [0.05, 0.1) is 16.6 Å². The Hall–Kier alpha value is -2.54. The second-order valence-electron chi connectivity index (χ2n) is 4.98. The standard InChI is InChI=1S/C16H14FN3O2S/c17-10-5-7-11(8-6-10)19-20-15(21)9-14-16(22)18-12-3-1-2-4-13(12)23-14/h1-8,14,19H,9H2,(H,18,22)(H,20,21)/t14-/m1/s1. The smallest absolute Gasteiger partial charge is 0.239 e. The van der Waals surface area contributed by atoms with Crippen LogP contribution in [0.25, 0.3) is 0 Å². The minimum Gasteiger partial charge on any atom is -0.324 e. The van der Waals surface area contributed by atoms with Gasteiger partial charge >= 0.3 is 0 Å². The van der Waals surface area contributed by atoms with Gasteiger partial charge in [0.15, 0.2) is 0 Å². The van der Waals surface area contributed by atoms with E-state index in [1.165, 1.54) is 36.0 Å². The number of benzene rings is 2. The number of thioether (sulfide) groups is 1. The number of para-hydroxylation sites is 1. The van der Waals surface area contributed by atoms with Gasteiger partial charge in [-0.2, -0.15) is 0 Å². The summed E-state index contributed by atoms with van der Waals surface area (Å²) in [5.74, 6) is -0.859. The van der Waals surface area contributed by atoms with E-state index in [0.29, 0.717) is 5.69 Å². The van der Waals surface area contributed by atoms with E-state index in [1.807, 2.05) is 24.3 Å². The van der Waals surface area contributed by atoms with Gasteiger partial charge in [0, 0.05) is 11.3 Å². The normalized spacial score (nSPS) is 16.2.